The van der Waals surface area contributed by atoms with Crippen molar-refractivity contribution in [1.29, 1.82) is 0 Å². The summed E-state index contributed by atoms with van der Waals surface area (Å²) in [5.41, 5.74) is 0.236. The molecular weight excluding hydrogens is 291 g/mol. The van der Waals surface area contributed by atoms with Crippen LogP contribution in [-0.4, -0.2) is 28.5 Å². The van der Waals surface area contributed by atoms with Gasteiger partial charge in [0.05, 0.1) is 0 Å². The molecule has 15 heavy (non-hydrogen) atoms. The third-order valence-corrected chi connectivity index (χ3v) is 4.41. The summed E-state index contributed by atoms with van der Waals surface area (Å²) < 4.78 is 5.93. The molecule has 0 amide bonds. The molecule has 0 unspecified atom stereocenters. The normalized spacial score (nSPS) is 12.1. The summed E-state index contributed by atoms with van der Waals surface area (Å²) in [6.07, 6.45) is 11.7. The molecular formula is C13H27OSn+3. The van der Waals surface area contributed by atoms with E-state index >= 15 is 0 Å². The predicted octanol–water partition coefficient (Wildman–Crippen LogP) is 4.40. The molecule has 0 aromatic carbocycles. The Morgan fingerprint density at radius 2 is 1.13 bits per heavy atom. The summed E-state index contributed by atoms with van der Waals surface area (Å²) in [5, 5.41) is 0. The topological polar surface area (TPSA) is 9.23 Å². The van der Waals surface area contributed by atoms with E-state index in [0.717, 1.165) is 0 Å². The van der Waals surface area contributed by atoms with Crippen LogP contribution in [0.3, 0.4) is 0 Å². The van der Waals surface area contributed by atoms with E-state index in [2.05, 4.69) is 20.8 Å². The number of rotatable bonds is 10. The van der Waals surface area contributed by atoms with E-state index < -0.39 is 0 Å². The van der Waals surface area contributed by atoms with Crippen molar-refractivity contribution in [3.63, 3.8) is 0 Å². The van der Waals surface area contributed by atoms with Gasteiger partial charge >= 0.3 is 110 Å². The Morgan fingerprint density at radius 1 is 0.800 bits per heavy atom. The van der Waals surface area contributed by atoms with Gasteiger partial charge in [0.2, 0.25) is 0 Å². The van der Waals surface area contributed by atoms with E-state index in [4.69, 9.17) is 3.07 Å². The van der Waals surface area contributed by atoms with Crippen LogP contribution >= 0.6 is 0 Å². The van der Waals surface area contributed by atoms with Crippen molar-refractivity contribution >= 4 is 22.9 Å². The van der Waals surface area contributed by atoms with Gasteiger partial charge in [0.1, 0.15) is 0 Å². The van der Waals surface area contributed by atoms with Crippen molar-refractivity contribution in [2.75, 3.05) is 0 Å². The van der Waals surface area contributed by atoms with Crippen LogP contribution in [0.5, 0.6) is 0 Å². The molecule has 1 nitrogen and oxygen atoms in total. The van der Waals surface area contributed by atoms with Gasteiger partial charge in [-0.1, -0.05) is 0 Å². The van der Waals surface area contributed by atoms with Gasteiger partial charge in [0, 0.05) is 0 Å². The van der Waals surface area contributed by atoms with Crippen molar-refractivity contribution < 1.29 is 3.07 Å². The van der Waals surface area contributed by atoms with Gasteiger partial charge in [-0.3, -0.25) is 0 Å². The molecule has 0 aromatic heterocycles. The first-order chi connectivity index (χ1) is 7.24. The van der Waals surface area contributed by atoms with Crippen LogP contribution in [0.15, 0.2) is 0 Å². The van der Waals surface area contributed by atoms with Gasteiger partial charge in [-0.15, -0.1) is 0 Å². The summed E-state index contributed by atoms with van der Waals surface area (Å²) in [5.74, 6) is 0. The van der Waals surface area contributed by atoms with Crippen molar-refractivity contribution in [3.8, 4) is 0 Å². The van der Waals surface area contributed by atoms with Gasteiger partial charge in [-0.25, -0.2) is 0 Å². The van der Waals surface area contributed by atoms with Crippen LogP contribution in [0.1, 0.15) is 78.6 Å². The summed E-state index contributed by atoms with van der Waals surface area (Å²) in [6, 6.07) is 0. The fraction of sp³-hybridized carbons (Fsp3) is 1.00. The molecule has 86 valence electrons. The maximum atomic E-state index is 5.93. The first kappa shape index (κ1) is 15.8. The van der Waals surface area contributed by atoms with Crippen LogP contribution in [0, 0.1) is 0 Å². The standard InChI is InChI=1S/C13H27O.Sn/c1-4-7-10-13(14,11-8-5-2)12-9-6-3;/h4-12H2,1-3H3;/q-1;+4. The molecule has 0 heterocycles. The first-order valence-corrected chi connectivity index (χ1v) is 7.76. The Hall–Kier alpha value is 0.759. The fourth-order valence-electron chi connectivity index (χ4n) is 2.02. The molecule has 0 aromatic rings. The van der Waals surface area contributed by atoms with Crippen LogP contribution in [0.4, 0.5) is 0 Å². The molecule has 0 saturated carbocycles. The van der Waals surface area contributed by atoms with Gasteiger partial charge in [-0.05, 0) is 0 Å². The summed E-state index contributed by atoms with van der Waals surface area (Å²) >= 11 is 1.25. The Kier molecular flexibility index (Phi) is 10.5. The molecule has 0 bridgehead atoms. The Labute approximate surface area is 110 Å². The molecule has 0 fully saturated rings. The van der Waals surface area contributed by atoms with Gasteiger partial charge < -0.3 is 0 Å². The third-order valence-electron chi connectivity index (χ3n) is 3.17. The molecule has 2 heteroatoms. The average molecular weight is 318 g/mol. The Morgan fingerprint density at radius 3 is 1.33 bits per heavy atom. The Bertz CT molecular complexity index is 115. The molecule has 0 radical (unpaired) electrons. The summed E-state index contributed by atoms with van der Waals surface area (Å²) in [7, 11) is 0. The monoisotopic (exact) mass is 319 g/mol. The van der Waals surface area contributed by atoms with E-state index in [1.54, 1.807) is 0 Å². The molecule has 0 aliphatic carbocycles. The minimum atomic E-state index is 0.236. The second kappa shape index (κ2) is 9.95. The number of unbranched alkanes of at least 4 members (excludes halogenated alkanes) is 3. The summed E-state index contributed by atoms with van der Waals surface area (Å²) in [6.45, 7) is 6.81. The SMILES string of the molecule is CCCCC(CCCC)(CCCC)[O][Sn+3]. The van der Waals surface area contributed by atoms with E-state index in [0.29, 0.717) is 0 Å². The van der Waals surface area contributed by atoms with Gasteiger partial charge in [0.25, 0.3) is 0 Å². The van der Waals surface area contributed by atoms with Crippen molar-refractivity contribution in [2.45, 2.75) is 84.2 Å². The first-order valence-electron chi connectivity index (χ1n) is 6.59. The molecule has 0 aliphatic rings. The molecule has 0 atom stereocenters. The zero-order valence-electron chi connectivity index (χ0n) is 10.8. The second-order valence-corrected chi connectivity index (χ2v) is 5.18. The minimum absolute atomic E-state index is 0.236. The van der Waals surface area contributed by atoms with Crippen LogP contribution in [0.2, 0.25) is 0 Å². The van der Waals surface area contributed by atoms with E-state index in [-0.39, 0.29) is 5.60 Å². The van der Waals surface area contributed by atoms with Crippen molar-refractivity contribution in [3.05, 3.63) is 0 Å². The van der Waals surface area contributed by atoms with E-state index in [1.807, 2.05) is 0 Å². The number of hydrogen-bond donors (Lipinski definition) is 0. The van der Waals surface area contributed by atoms with Gasteiger partial charge in [-0.2, -0.15) is 0 Å². The number of hydrogen-bond acceptors (Lipinski definition) is 1. The second-order valence-electron chi connectivity index (χ2n) is 4.60. The predicted molar refractivity (Wildman–Crippen MR) is 68.1 cm³/mol. The third kappa shape index (κ3) is 6.83. The Balaban J connectivity index is 4.16. The zero-order valence-corrected chi connectivity index (χ0v) is 13.6. The molecule has 0 spiro atoms. The molecule has 0 saturated heterocycles. The van der Waals surface area contributed by atoms with E-state index in [9.17, 15) is 0 Å². The fourth-order valence-corrected chi connectivity index (χ4v) is 2.90. The van der Waals surface area contributed by atoms with Crippen LogP contribution in [0.25, 0.3) is 0 Å². The molecule has 0 rings (SSSR count). The van der Waals surface area contributed by atoms with Crippen molar-refractivity contribution in [1.82, 2.24) is 0 Å². The quantitative estimate of drug-likeness (QED) is 0.543. The van der Waals surface area contributed by atoms with Crippen LogP contribution in [-0.2, 0) is 3.07 Å². The van der Waals surface area contributed by atoms with Crippen LogP contribution < -0.4 is 0 Å². The van der Waals surface area contributed by atoms with Gasteiger partial charge in [0.15, 0.2) is 0 Å². The molecule has 0 N–H and O–H groups in total. The molecule has 0 aliphatic heterocycles. The zero-order chi connectivity index (χ0) is 11.6. The maximum absolute atomic E-state index is 5.93. The van der Waals surface area contributed by atoms with Crippen molar-refractivity contribution in [2.24, 2.45) is 0 Å². The average Bonchev–Trinajstić information content (AvgIpc) is 2.29. The summed E-state index contributed by atoms with van der Waals surface area (Å²) in [4.78, 5) is 0. The van der Waals surface area contributed by atoms with E-state index in [1.165, 1.54) is 80.7 Å².